The molecule has 0 aromatic heterocycles. The van der Waals surface area contributed by atoms with Gasteiger partial charge < -0.3 is 15.8 Å². The van der Waals surface area contributed by atoms with Crippen molar-refractivity contribution in [1.29, 1.82) is 0 Å². The minimum absolute atomic E-state index is 0.420. The highest BCUT2D eigenvalue weighted by Gasteiger charge is 2.24. The Labute approximate surface area is 110 Å². The van der Waals surface area contributed by atoms with Gasteiger partial charge in [0.05, 0.1) is 6.10 Å². The number of methoxy groups -OCH3 is 1. The summed E-state index contributed by atoms with van der Waals surface area (Å²) in [6.45, 7) is 0. The summed E-state index contributed by atoms with van der Waals surface area (Å²) in [4.78, 5) is 0. The van der Waals surface area contributed by atoms with Gasteiger partial charge in [0, 0.05) is 28.1 Å². The van der Waals surface area contributed by atoms with Gasteiger partial charge in [0.25, 0.3) is 0 Å². The third-order valence-electron chi connectivity index (χ3n) is 3.07. The van der Waals surface area contributed by atoms with Gasteiger partial charge in [-0.05, 0) is 60.1 Å². The topological polar surface area (TPSA) is 47.3 Å². The number of nitrogens with two attached hydrogens (primary N) is 1. The van der Waals surface area contributed by atoms with Crippen molar-refractivity contribution in [3.63, 3.8) is 0 Å². The van der Waals surface area contributed by atoms with Crippen molar-refractivity contribution in [2.75, 3.05) is 18.2 Å². The molecule has 0 spiro atoms. The Bertz CT molecular complexity index is 370. The van der Waals surface area contributed by atoms with Crippen LogP contribution in [-0.2, 0) is 4.74 Å². The maximum atomic E-state index is 5.73. The fourth-order valence-electron chi connectivity index (χ4n) is 2.15. The van der Waals surface area contributed by atoms with Crippen LogP contribution in [0, 0.1) is 3.57 Å². The summed E-state index contributed by atoms with van der Waals surface area (Å²) in [5.74, 6) is 0. The van der Waals surface area contributed by atoms with Gasteiger partial charge in [-0.2, -0.15) is 0 Å². The van der Waals surface area contributed by atoms with Crippen LogP contribution in [0.1, 0.15) is 19.3 Å². The first-order chi connectivity index (χ1) is 7.69. The molecule has 0 bridgehead atoms. The molecule has 1 saturated carbocycles. The lowest BCUT2D eigenvalue weighted by Crippen LogP contribution is -2.17. The first-order valence-corrected chi connectivity index (χ1v) is 6.61. The van der Waals surface area contributed by atoms with E-state index in [4.69, 9.17) is 10.5 Å². The zero-order valence-corrected chi connectivity index (χ0v) is 11.5. The number of benzene rings is 1. The number of nitrogens with one attached hydrogen (secondary N) is 1. The maximum absolute atomic E-state index is 5.73. The number of anilines is 2. The normalized spacial score (nSPS) is 24.6. The average molecular weight is 332 g/mol. The lowest BCUT2D eigenvalue weighted by molar-refractivity contribution is 0.108. The molecule has 3 nitrogen and oxygen atoms in total. The maximum Gasteiger partial charge on any atom is 0.0591 e. The Balaban J connectivity index is 1.99. The van der Waals surface area contributed by atoms with Gasteiger partial charge in [0.15, 0.2) is 0 Å². The Morgan fingerprint density at radius 2 is 2.25 bits per heavy atom. The summed E-state index contributed by atoms with van der Waals surface area (Å²) < 4.78 is 6.55. The van der Waals surface area contributed by atoms with Gasteiger partial charge >= 0.3 is 0 Å². The van der Waals surface area contributed by atoms with E-state index < -0.39 is 0 Å². The summed E-state index contributed by atoms with van der Waals surface area (Å²) in [5, 5.41) is 3.56. The predicted octanol–water partition coefficient (Wildman–Crippen LogP) is 2.85. The molecule has 0 amide bonds. The Morgan fingerprint density at radius 1 is 1.44 bits per heavy atom. The molecule has 0 heterocycles. The predicted molar refractivity (Wildman–Crippen MR) is 75.6 cm³/mol. The standard InChI is InChI=1S/C12H17IN2O/c1-16-10-4-3-9(7-10)15-12-5-2-8(14)6-11(12)13/h2,5-6,9-10,15H,3-4,7,14H2,1H3. The van der Waals surface area contributed by atoms with Crippen LogP contribution in [0.15, 0.2) is 18.2 Å². The second-order valence-electron chi connectivity index (χ2n) is 4.25. The van der Waals surface area contributed by atoms with E-state index in [2.05, 4.69) is 34.0 Å². The third-order valence-corrected chi connectivity index (χ3v) is 3.96. The second-order valence-corrected chi connectivity index (χ2v) is 5.41. The number of halogens is 1. The van der Waals surface area contributed by atoms with E-state index in [1.54, 1.807) is 7.11 Å². The Morgan fingerprint density at radius 3 is 2.88 bits per heavy atom. The number of ether oxygens (including phenoxy) is 1. The van der Waals surface area contributed by atoms with E-state index in [9.17, 15) is 0 Å². The molecule has 16 heavy (non-hydrogen) atoms. The number of hydrogen-bond acceptors (Lipinski definition) is 3. The van der Waals surface area contributed by atoms with Crippen molar-refractivity contribution < 1.29 is 4.74 Å². The molecule has 1 fully saturated rings. The molecule has 4 heteroatoms. The number of hydrogen-bond donors (Lipinski definition) is 2. The van der Waals surface area contributed by atoms with Crippen LogP contribution in [-0.4, -0.2) is 19.3 Å². The summed E-state index contributed by atoms with van der Waals surface area (Å²) in [6.07, 6.45) is 3.85. The molecule has 2 unspecified atom stereocenters. The molecular weight excluding hydrogens is 315 g/mol. The van der Waals surface area contributed by atoms with Crippen molar-refractivity contribution in [3.05, 3.63) is 21.8 Å². The van der Waals surface area contributed by atoms with Gasteiger partial charge in [-0.1, -0.05) is 0 Å². The summed E-state index contributed by atoms with van der Waals surface area (Å²) in [7, 11) is 1.79. The summed E-state index contributed by atoms with van der Waals surface area (Å²) in [5.41, 5.74) is 7.72. The summed E-state index contributed by atoms with van der Waals surface area (Å²) in [6, 6.07) is 6.51. The van der Waals surface area contributed by atoms with E-state index in [1.165, 1.54) is 15.7 Å². The molecule has 1 aliphatic rings. The zero-order chi connectivity index (χ0) is 11.5. The fraction of sp³-hybridized carbons (Fsp3) is 0.500. The lowest BCUT2D eigenvalue weighted by Gasteiger charge is -2.16. The lowest BCUT2D eigenvalue weighted by atomic mass is 10.2. The van der Waals surface area contributed by atoms with E-state index >= 15 is 0 Å². The Kier molecular flexibility index (Phi) is 3.91. The average Bonchev–Trinajstić information content (AvgIpc) is 2.70. The molecule has 1 aliphatic carbocycles. The Hall–Kier alpha value is -0.490. The van der Waals surface area contributed by atoms with Crippen LogP contribution in [0.5, 0.6) is 0 Å². The second kappa shape index (κ2) is 5.23. The molecule has 1 aromatic carbocycles. The van der Waals surface area contributed by atoms with Gasteiger partial charge in [0.2, 0.25) is 0 Å². The molecule has 0 aliphatic heterocycles. The van der Waals surface area contributed by atoms with E-state index in [0.717, 1.165) is 18.5 Å². The minimum Gasteiger partial charge on any atom is -0.399 e. The van der Waals surface area contributed by atoms with Crippen molar-refractivity contribution in [1.82, 2.24) is 0 Å². The molecule has 2 atom stereocenters. The van der Waals surface area contributed by atoms with Crippen LogP contribution < -0.4 is 11.1 Å². The highest BCUT2D eigenvalue weighted by molar-refractivity contribution is 14.1. The molecule has 0 radical (unpaired) electrons. The van der Waals surface area contributed by atoms with Gasteiger partial charge in [-0.3, -0.25) is 0 Å². The first kappa shape index (κ1) is 12.0. The van der Waals surface area contributed by atoms with Crippen LogP contribution in [0.25, 0.3) is 0 Å². The van der Waals surface area contributed by atoms with Gasteiger partial charge in [-0.15, -0.1) is 0 Å². The molecular formula is C12H17IN2O. The minimum atomic E-state index is 0.420. The smallest absolute Gasteiger partial charge is 0.0591 e. The highest BCUT2D eigenvalue weighted by atomic mass is 127. The van der Waals surface area contributed by atoms with Crippen molar-refractivity contribution in [3.8, 4) is 0 Å². The summed E-state index contributed by atoms with van der Waals surface area (Å²) >= 11 is 2.31. The quantitative estimate of drug-likeness (QED) is 0.661. The molecule has 2 rings (SSSR count). The third kappa shape index (κ3) is 2.79. The van der Waals surface area contributed by atoms with Crippen LogP contribution >= 0.6 is 22.6 Å². The van der Waals surface area contributed by atoms with Crippen molar-refractivity contribution in [2.24, 2.45) is 0 Å². The molecule has 1 aromatic rings. The molecule has 0 saturated heterocycles. The fourth-order valence-corrected chi connectivity index (χ4v) is 2.85. The van der Waals surface area contributed by atoms with Crippen molar-refractivity contribution in [2.45, 2.75) is 31.4 Å². The van der Waals surface area contributed by atoms with E-state index in [0.29, 0.717) is 12.1 Å². The number of nitrogen functional groups attached to an aromatic ring is 1. The van der Waals surface area contributed by atoms with Crippen molar-refractivity contribution >= 4 is 34.0 Å². The number of rotatable bonds is 3. The largest absolute Gasteiger partial charge is 0.399 e. The highest BCUT2D eigenvalue weighted by Crippen LogP contribution is 2.27. The van der Waals surface area contributed by atoms with E-state index in [1.807, 2.05) is 12.1 Å². The van der Waals surface area contributed by atoms with Crippen LogP contribution in [0.4, 0.5) is 11.4 Å². The monoisotopic (exact) mass is 332 g/mol. The first-order valence-electron chi connectivity index (χ1n) is 5.53. The van der Waals surface area contributed by atoms with Crippen LogP contribution in [0.3, 0.4) is 0 Å². The van der Waals surface area contributed by atoms with Gasteiger partial charge in [-0.25, -0.2) is 0 Å². The zero-order valence-electron chi connectivity index (χ0n) is 9.37. The molecule has 3 N–H and O–H groups in total. The SMILES string of the molecule is COC1CCC(Nc2ccc(N)cc2I)C1. The van der Waals surface area contributed by atoms with Gasteiger partial charge in [0.1, 0.15) is 0 Å². The van der Waals surface area contributed by atoms with E-state index in [-0.39, 0.29) is 0 Å². The van der Waals surface area contributed by atoms with Crippen LogP contribution in [0.2, 0.25) is 0 Å². The molecule has 88 valence electrons.